The zero-order valence-corrected chi connectivity index (χ0v) is 10.6. The van der Waals surface area contributed by atoms with E-state index >= 15 is 0 Å². The molecule has 2 aliphatic carbocycles. The first kappa shape index (κ1) is 10.9. The zero-order valence-electron chi connectivity index (χ0n) is 9.46. The van der Waals surface area contributed by atoms with Gasteiger partial charge in [0, 0.05) is 0 Å². The maximum Gasteiger partial charge on any atom is 0.0782 e. The Morgan fingerprint density at radius 1 is 1.36 bits per heavy atom. The molecule has 5 atom stereocenters. The Hall–Kier alpha value is 0.390. The van der Waals surface area contributed by atoms with Gasteiger partial charge in [-0.2, -0.15) is 0 Å². The molecule has 82 valence electrons. The van der Waals surface area contributed by atoms with E-state index in [1.54, 1.807) is 0 Å². The van der Waals surface area contributed by atoms with Gasteiger partial charge < -0.3 is 4.74 Å². The monoisotopic (exact) mass is 214 g/mol. The van der Waals surface area contributed by atoms with Gasteiger partial charge in [-0.3, -0.25) is 0 Å². The van der Waals surface area contributed by atoms with Crippen molar-refractivity contribution in [2.45, 2.75) is 51.3 Å². The van der Waals surface area contributed by atoms with Crippen molar-refractivity contribution < 1.29 is 4.74 Å². The molecule has 0 radical (unpaired) electrons. The summed E-state index contributed by atoms with van der Waals surface area (Å²) in [6.45, 7) is 5.35. The highest BCUT2D eigenvalue weighted by atomic mass is 31.0. The van der Waals surface area contributed by atoms with Crippen LogP contribution in [0.2, 0.25) is 0 Å². The smallest absolute Gasteiger partial charge is 0.0782 e. The Balaban J connectivity index is 1.77. The highest BCUT2D eigenvalue weighted by Crippen LogP contribution is 2.48. The van der Waals surface area contributed by atoms with Crippen LogP contribution in [0.15, 0.2) is 0 Å². The minimum absolute atomic E-state index is 0.0157. The summed E-state index contributed by atoms with van der Waals surface area (Å²) >= 11 is 0. The lowest BCUT2D eigenvalue weighted by Gasteiger charge is -2.28. The Morgan fingerprint density at radius 2 is 2.14 bits per heavy atom. The van der Waals surface area contributed by atoms with Crippen LogP contribution >= 0.6 is 9.24 Å². The molecule has 2 bridgehead atoms. The minimum Gasteiger partial charge on any atom is -0.371 e. The van der Waals surface area contributed by atoms with Crippen molar-refractivity contribution in [3.8, 4) is 0 Å². The number of rotatable bonds is 4. The standard InChI is InChI=1S/C12H23OP/c1-3-12(2,14)13-8-11-7-9-4-5-10(11)6-9/h9-11H,3-8,14H2,1-2H3. The average Bonchev–Trinajstić information content (AvgIpc) is 2.76. The van der Waals surface area contributed by atoms with Crippen LogP contribution < -0.4 is 0 Å². The maximum atomic E-state index is 5.98. The van der Waals surface area contributed by atoms with Gasteiger partial charge in [0.25, 0.3) is 0 Å². The largest absolute Gasteiger partial charge is 0.371 e. The molecule has 2 saturated carbocycles. The number of ether oxygens (including phenoxy) is 1. The summed E-state index contributed by atoms with van der Waals surface area (Å²) in [5, 5.41) is 0.0157. The summed E-state index contributed by atoms with van der Waals surface area (Å²) in [6, 6.07) is 0. The van der Waals surface area contributed by atoms with Crippen molar-refractivity contribution >= 4 is 9.24 Å². The van der Waals surface area contributed by atoms with E-state index in [1.807, 2.05) is 0 Å². The van der Waals surface area contributed by atoms with E-state index in [0.29, 0.717) is 0 Å². The summed E-state index contributed by atoms with van der Waals surface area (Å²) < 4.78 is 5.98. The fraction of sp³-hybridized carbons (Fsp3) is 1.00. The van der Waals surface area contributed by atoms with Crippen LogP contribution in [0.25, 0.3) is 0 Å². The Morgan fingerprint density at radius 3 is 2.64 bits per heavy atom. The molecule has 1 nitrogen and oxygen atoms in total. The van der Waals surface area contributed by atoms with Crippen molar-refractivity contribution in [2.24, 2.45) is 17.8 Å². The molecule has 0 aromatic rings. The van der Waals surface area contributed by atoms with Crippen LogP contribution in [-0.4, -0.2) is 11.9 Å². The molecule has 0 aromatic carbocycles. The van der Waals surface area contributed by atoms with Crippen molar-refractivity contribution in [2.75, 3.05) is 6.61 Å². The predicted octanol–water partition coefficient (Wildman–Crippen LogP) is 3.44. The van der Waals surface area contributed by atoms with Gasteiger partial charge >= 0.3 is 0 Å². The molecule has 5 unspecified atom stereocenters. The van der Waals surface area contributed by atoms with Crippen molar-refractivity contribution in [3.05, 3.63) is 0 Å². The molecular formula is C12H23OP. The molecule has 2 fully saturated rings. The molecule has 0 N–H and O–H groups in total. The quantitative estimate of drug-likeness (QED) is 0.651. The fourth-order valence-electron chi connectivity index (χ4n) is 2.98. The van der Waals surface area contributed by atoms with Crippen molar-refractivity contribution in [1.29, 1.82) is 0 Å². The van der Waals surface area contributed by atoms with Crippen molar-refractivity contribution in [3.63, 3.8) is 0 Å². The Labute approximate surface area is 90.2 Å². The van der Waals surface area contributed by atoms with Crippen molar-refractivity contribution in [1.82, 2.24) is 0 Å². The predicted molar refractivity (Wildman–Crippen MR) is 63.3 cm³/mol. The second-order valence-corrected chi connectivity index (χ2v) is 6.63. The van der Waals surface area contributed by atoms with Crippen LogP contribution in [0.4, 0.5) is 0 Å². The Bertz CT molecular complexity index is 202. The first-order valence-corrected chi connectivity index (χ1v) is 6.61. The molecule has 0 aliphatic heterocycles. The van der Waals surface area contributed by atoms with E-state index in [9.17, 15) is 0 Å². The van der Waals surface area contributed by atoms with Gasteiger partial charge in [-0.05, 0) is 50.4 Å². The number of hydrogen-bond acceptors (Lipinski definition) is 1. The van der Waals surface area contributed by atoms with Crippen LogP contribution in [-0.2, 0) is 4.74 Å². The van der Waals surface area contributed by atoms with Gasteiger partial charge in [0.05, 0.1) is 11.9 Å². The summed E-state index contributed by atoms with van der Waals surface area (Å²) in [6.07, 6.45) is 6.98. The first-order chi connectivity index (χ1) is 6.61. The molecule has 0 spiro atoms. The highest BCUT2D eigenvalue weighted by Gasteiger charge is 2.39. The lowest BCUT2D eigenvalue weighted by molar-refractivity contribution is 0.00150. The fourth-order valence-corrected chi connectivity index (χ4v) is 3.08. The van der Waals surface area contributed by atoms with E-state index in [2.05, 4.69) is 23.1 Å². The third kappa shape index (κ3) is 2.31. The van der Waals surface area contributed by atoms with Crippen LogP contribution in [0.1, 0.15) is 46.0 Å². The number of fused-ring (bicyclic) bond motifs is 2. The molecule has 0 saturated heterocycles. The van der Waals surface area contributed by atoms with Crippen LogP contribution in [0.5, 0.6) is 0 Å². The molecule has 2 rings (SSSR count). The molecule has 14 heavy (non-hydrogen) atoms. The lowest BCUT2D eigenvalue weighted by Crippen LogP contribution is -2.25. The van der Waals surface area contributed by atoms with Gasteiger partial charge in [-0.15, -0.1) is 9.24 Å². The molecule has 0 aromatic heterocycles. The minimum atomic E-state index is 0.0157. The highest BCUT2D eigenvalue weighted by molar-refractivity contribution is 7.18. The van der Waals surface area contributed by atoms with E-state index in [0.717, 1.165) is 30.8 Å². The van der Waals surface area contributed by atoms with E-state index in [1.165, 1.54) is 25.7 Å². The van der Waals surface area contributed by atoms with Gasteiger partial charge in [-0.1, -0.05) is 13.3 Å². The van der Waals surface area contributed by atoms with Gasteiger partial charge in [0.2, 0.25) is 0 Å². The summed E-state index contributed by atoms with van der Waals surface area (Å²) in [5.74, 6) is 2.92. The summed E-state index contributed by atoms with van der Waals surface area (Å²) in [4.78, 5) is 0. The second kappa shape index (κ2) is 4.10. The normalized spacial score (nSPS) is 40.1. The topological polar surface area (TPSA) is 9.23 Å². The summed E-state index contributed by atoms with van der Waals surface area (Å²) in [5.41, 5.74) is 0. The third-order valence-corrected chi connectivity index (χ3v) is 4.79. The van der Waals surface area contributed by atoms with Crippen LogP contribution in [0, 0.1) is 17.8 Å². The van der Waals surface area contributed by atoms with E-state index < -0.39 is 0 Å². The van der Waals surface area contributed by atoms with Gasteiger partial charge in [0.15, 0.2) is 0 Å². The first-order valence-electron chi connectivity index (χ1n) is 6.03. The zero-order chi connectivity index (χ0) is 10.2. The Kier molecular flexibility index (Phi) is 3.19. The molecule has 0 amide bonds. The van der Waals surface area contributed by atoms with E-state index in [-0.39, 0.29) is 5.34 Å². The molecule has 2 heteroatoms. The summed E-state index contributed by atoms with van der Waals surface area (Å²) in [7, 11) is 2.84. The SMILES string of the molecule is CCC(C)(P)OCC1CC2CCC1C2. The van der Waals surface area contributed by atoms with E-state index in [4.69, 9.17) is 4.74 Å². The van der Waals surface area contributed by atoms with Crippen LogP contribution in [0.3, 0.4) is 0 Å². The third-order valence-electron chi connectivity index (χ3n) is 4.21. The lowest BCUT2D eigenvalue weighted by atomic mass is 9.89. The maximum absolute atomic E-state index is 5.98. The second-order valence-electron chi connectivity index (χ2n) is 5.41. The van der Waals surface area contributed by atoms with Gasteiger partial charge in [-0.25, -0.2) is 0 Å². The molecular weight excluding hydrogens is 191 g/mol. The average molecular weight is 214 g/mol. The molecule has 0 heterocycles. The van der Waals surface area contributed by atoms with Gasteiger partial charge in [0.1, 0.15) is 0 Å². The number of hydrogen-bond donors (Lipinski definition) is 0. The molecule has 2 aliphatic rings.